The maximum atomic E-state index is 12.5. The second-order valence-corrected chi connectivity index (χ2v) is 9.50. The van der Waals surface area contributed by atoms with Gasteiger partial charge in [0.05, 0.1) is 17.6 Å². The lowest BCUT2D eigenvalue weighted by atomic mass is 10.2. The highest BCUT2D eigenvalue weighted by Crippen LogP contribution is 2.17. The first-order valence-corrected chi connectivity index (χ1v) is 11.9. The Morgan fingerprint density at radius 2 is 1.81 bits per heavy atom. The van der Waals surface area contributed by atoms with Crippen molar-refractivity contribution in [1.29, 1.82) is 0 Å². The van der Waals surface area contributed by atoms with Crippen LogP contribution in [0.15, 0.2) is 70.9 Å². The van der Waals surface area contributed by atoms with Gasteiger partial charge in [-0.3, -0.25) is 4.79 Å². The van der Waals surface area contributed by atoms with Gasteiger partial charge in [0.1, 0.15) is 5.75 Å². The zero-order chi connectivity index (χ0) is 23.1. The Morgan fingerprint density at radius 3 is 2.47 bits per heavy atom. The molecule has 1 heterocycles. The number of carbonyl (C=O) groups is 2. The maximum Gasteiger partial charge on any atom is 0.338 e. The highest BCUT2D eigenvalue weighted by molar-refractivity contribution is 7.89. The van der Waals surface area contributed by atoms with Crippen molar-refractivity contribution in [3.63, 3.8) is 0 Å². The lowest BCUT2D eigenvalue weighted by molar-refractivity contribution is -0.123. The summed E-state index contributed by atoms with van der Waals surface area (Å²) in [5.41, 5.74) is 0.539. The fraction of sp³-hybridized carbons (Fsp3) is 0.182. The number of carbonyl (C=O) groups excluding carboxylic acids is 2. The third-order valence-electron chi connectivity index (χ3n) is 4.41. The summed E-state index contributed by atoms with van der Waals surface area (Å²) in [4.78, 5) is 25.6. The summed E-state index contributed by atoms with van der Waals surface area (Å²) in [5, 5.41) is 4.49. The molecule has 0 aliphatic heterocycles. The Hall–Kier alpha value is -3.21. The van der Waals surface area contributed by atoms with Crippen molar-refractivity contribution < 1.29 is 27.5 Å². The summed E-state index contributed by atoms with van der Waals surface area (Å²) in [5.74, 6) is -0.690. The smallest absolute Gasteiger partial charge is 0.338 e. The van der Waals surface area contributed by atoms with Gasteiger partial charge in [-0.2, -0.15) is 0 Å². The van der Waals surface area contributed by atoms with E-state index < -0.39 is 28.0 Å². The molecule has 0 fully saturated rings. The predicted octanol–water partition coefficient (Wildman–Crippen LogP) is 3.42. The maximum absolute atomic E-state index is 12.5. The van der Waals surface area contributed by atoms with Crippen LogP contribution in [0.5, 0.6) is 5.75 Å². The number of ether oxygens (including phenoxy) is 2. The summed E-state index contributed by atoms with van der Waals surface area (Å²) < 4.78 is 37.9. The Morgan fingerprint density at radius 1 is 1.06 bits per heavy atom. The number of hydrogen-bond acceptors (Lipinski definition) is 7. The number of sulfonamides is 1. The molecular weight excluding hydrogens is 452 g/mol. The molecule has 0 spiro atoms. The molecule has 0 radical (unpaired) electrons. The first kappa shape index (κ1) is 23.5. The Bertz CT molecular complexity index is 1180. The molecule has 3 rings (SSSR count). The molecule has 0 aliphatic carbocycles. The number of hydrogen-bond donors (Lipinski definition) is 2. The van der Waals surface area contributed by atoms with Crippen LogP contribution in [0.4, 0.5) is 5.69 Å². The summed E-state index contributed by atoms with van der Waals surface area (Å²) in [7, 11) is -2.29. The van der Waals surface area contributed by atoms with Crippen LogP contribution in [0, 0.1) is 0 Å². The van der Waals surface area contributed by atoms with Crippen molar-refractivity contribution in [3.05, 3.63) is 76.5 Å². The third-order valence-corrected chi connectivity index (χ3v) is 6.68. The zero-order valence-corrected chi connectivity index (χ0v) is 19.0. The second kappa shape index (κ2) is 10.4. The molecule has 0 saturated heterocycles. The molecule has 1 aromatic heterocycles. The number of anilines is 1. The van der Waals surface area contributed by atoms with Crippen LogP contribution in [0.1, 0.15) is 22.2 Å². The number of nitrogens with one attached hydrogen (secondary N) is 2. The minimum absolute atomic E-state index is 0.0214. The van der Waals surface area contributed by atoms with Crippen LogP contribution in [-0.4, -0.2) is 33.5 Å². The van der Waals surface area contributed by atoms with E-state index in [-0.39, 0.29) is 17.0 Å². The number of thiophene rings is 1. The van der Waals surface area contributed by atoms with E-state index in [2.05, 4.69) is 10.0 Å². The second-order valence-electron chi connectivity index (χ2n) is 6.70. The topological polar surface area (TPSA) is 111 Å². The van der Waals surface area contributed by atoms with Crippen molar-refractivity contribution in [1.82, 2.24) is 4.72 Å². The highest BCUT2D eigenvalue weighted by atomic mass is 32.2. The van der Waals surface area contributed by atoms with Gasteiger partial charge >= 0.3 is 5.97 Å². The van der Waals surface area contributed by atoms with Gasteiger partial charge < -0.3 is 14.8 Å². The van der Waals surface area contributed by atoms with E-state index in [9.17, 15) is 18.0 Å². The largest absolute Gasteiger partial charge is 0.497 e. The normalized spacial score (nSPS) is 12.1. The van der Waals surface area contributed by atoms with Crippen LogP contribution >= 0.6 is 11.3 Å². The minimum Gasteiger partial charge on any atom is -0.497 e. The van der Waals surface area contributed by atoms with Gasteiger partial charge in [-0.25, -0.2) is 17.9 Å². The van der Waals surface area contributed by atoms with E-state index in [1.807, 2.05) is 17.5 Å². The van der Waals surface area contributed by atoms with Crippen molar-refractivity contribution in [2.75, 3.05) is 12.4 Å². The average Bonchev–Trinajstić information content (AvgIpc) is 3.32. The molecule has 1 amide bonds. The number of amides is 1. The van der Waals surface area contributed by atoms with Gasteiger partial charge in [-0.05, 0) is 60.8 Å². The third kappa shape index (κ3) is 6.16. The Balaban J connectivity index is 1.62. The number of methoxy groups -OCH3 is 1. The molecule has 8 nitrogen and oxygen atoms in total. The summed E-state index contributed by atoms with van der Waals surface area (Å²) in [6, 6.07) is 15.8. The number of rotatable bonds is 9. The minimum atomic E-state index is -3.82. The Kier molecular flexibility index (Phi) is 7.62. The highest BCUT2D eigenvalue weighted by Gasteiger charge is 2.21. The molecular formula is C22H22N2O6S2. The van der Waals surface area contributed by atoms with Gasteiger partial charge in [0, 0.05) is 17.1 Å². The molecule has 0 bridgehead atoms. The molecule has 0 saturated carbocycles. The van der Waals surface area contributed by atoms with Gasteiger partial charge in [0.25, 0.3) is 5.91 Å². The van der Waals surface area contributed by atoms with E-state index >= 15 is 0 Å². The summed E-state index contributed by atoms with van der Waals surface area (Å²) in [6.07, 6.45) is -1.10. The average molecular weight is 475 g/mol. The standard InChI is InChI=1S/C22H22N2O6S2/c1-15(21(25)24-17-8-10-18(29-2)11-9-17)30-22(26)16-5-3-7-20(13-16)32(27,28)23-14-19-6-4-12-31-19/h3-13,15,23H,14H2,1-2H3,(H,24,25). The van der Waals surface area contributed by atoms with Gasteiger partial charge in [0.15, 0.2) is 6.10 Å². The van der Waals surface area contributed by atoms with E-state index in [4.69, 9.17) is 9.47 Å². The van der Waals surface area contributed by atoms with Crippen LogP contribution in [0.2, 0.25) is 0 Å². The van der Waals surface area contributed by atoms with Crippen LogP contribution in [0.3, 0.4) is 0 Å². The summed E-state index contributed by atoms with van der Waals surface area (Å²) >= 11 is 1.43. The van der Waals surface area contributed by atoms with Crippen LogP contribution in [0.25, 0.3) is 0 Å². The molecule has 32 heavy (non-hydrogen) atoms. The first-order valence-electron chi connectivity index (χ1n) is 9.56. The van der Waals surface area contributed by atoms with Crippen molar-refractivity contribution in [3.8, 4) is 5.75 Å². The first-order chi connectivity index (χ1) is 15.3. The molecule has 10 heteroatoms. The van der Waals surface area contributed by atoms with Crippen LogP contribution in [-0.2, 0) is 26.1 Å². The molecule has 3 aromatic rings. The lowest BCUT2D eigenvalue weighted by Crippen LogP contribution is -2.30. The molecule has 2 N–H and O–H groups in total. The fourth-order valence-corrected chi connectivity index (χ4v) is 4.44. The van der Waals surface area contributed by atoms with Crippen molar-refractivity contribution in [2.24, 2.45) is 0 Å². The fourth-order valence-electron chi connectivity index (χ4n) is 2.65. The van der Waals surface area contributed by atoms with E-state index in [1.54, 1.807) is 24.3 Å². The molecule has 1 unspecified atom stereocenters. The monoisotopic (exact) mass is 474 g/mol. The van der Waals surface area contributed by atoms with Crippen molar-refractivity contribution >= 4 is 38.9 Å². The zero-order valence-electron chi connectivity index (χ0n) is 17.4. The Labute approximate surface area is 190 Å². The van der Waals surface area contributed by atoms with E-state index in [0.717, 1.165) is 4.88 Å². The predicted molar refractivity (Wildman–Crippen MR) is 121 cm³/mol. The van der Waals surface area contributed by atoms with Gasteiger partial charge in [0.2, 0.25) is 10.0 Å². The van der Waals surface area contributed by atoms with Crippen LogP contribution < -0.4 is 14.8 Å². The quantitative estimate of drug-likeness (QED) is 0.460. The van der Waals surface area contributed by atoms with E-state index in [1.165, 1.54) is 49.6 Å². The summed E-state index contributed by atoms with van der Waals surface area (Å²) in [6.45, 7) is 1.58. The number of esters is 1. The molecule has 168 valence electrons. The van der Waals surface area contributed by atoms with Gasteiger partial charge in [-0.15, -0.1) is 11.3 Å². The van der Waals surface area contributed by atoms with Crippen molar-refractivity contribution in [2.45, 2.75) is 24.5 Å². The molecule has 0 aliphatic rings. The SMILES string of the molecule is COc1ccc(NC(=O)C(C)OC(=O)c2cccc(S(=O)(=O)NCc3cccs3)c2)cc1. The molecule has 2 aromatic carbocycles. The number of benzene rings is 2. The van der Waals surface area contributed by atoms with E-state index in [0.29, 0.717) is 11.4 Å². The molecule has 1 atom stereocenters. The van der Waals surface area contributed by atoms with Gasteiger partial charge in [-0.1, -0.05) is 12.1 Å². The lowest BCUT2D eigenvalue weighted by Gasteiger charge is -2.14.